The van der Waals surface area contributed by atoms with Crippen molar-refractivity contribution in [3.05, 3.63) is 29.4 Å². The van der Waals surface area contributed by atoms with Gasteiger partial charge in [-0.05, 0) is 38.5 Å². The molecule has 8 nitrogen and oxygen atoms in total. The highest BCUT2D eigenvalue weighted by Gasteiger charge is 2.47. The van der Waals surface area contributed by atoms with Crippen molar-refractivity contribution in [3.63, 3.8) is 0 Å². The molecule has 0 amide bonds. The summed E-state index contributed by atoms with van der Waals surface area (Å²) in [5, 5.41) is 10.6. The van der Waals surface area contributed by atoms with Crippen LogP contribution in [0.1, 0.15) is 50.3 Å². The van der Waals surface area contributed by atoms with Crippen molar-refractivity contribution in [2.75, 3.05) is 35.4 Å². The molecule has 30 heavy (non-hydrogen) atoms. The number of halogens is 1. The molecule has 4 heterocycles. The highest BCUT2D eigenvalue weighted by atomic mass is 35.5. The fraction of sp³-hybridized carbons (Fsp3) is 0.600. The van der Waals surface area contributed by atoms with Crippen molar-refractivity contribution in [1.29, 1.82) is 0 Å². The van der Waals surface area contributed by atoms with Gasteiger partial charge in [-0.15, -0.1) is 0 Å². The number of hydrogen-bond acceptors (Lipinski definition) is 8. The molecule has 2 aromatic heterocycles. The zero-order valence-electron chi connectivity index (χ0n) is 16.7. The first-order valence-corrected chi connectivity index (χ1v) is 12.2. The van der Waals surface area contributed by atoms with Gasteiger partial charge in [0.25, 0.3) is 0 Å². The molecule has 2 atom stereocenters. The lowest BCUT2D eigenvalue weighted by atomic mass is 9.76. The average Bonchev–Trinajstić information content (AvgIpc) is 2.91. The first-order valence-electron chi connectivity index (χ1n) is 10.5. The van der Waals surface area contributed by atoms with Crippen LogP contribution in [0.4, 0.5) is 11.8 Å². The number of hydrogen-bond donors (Lipinski definition) is 1. The fourth-order valence-corrected chi connectivity index (χ4v) is 6.05. The van der Waals surface area contributed by atoms with Crippen LogP contribution in [-0.2, 0) is 10.8 Å². The molecule has 160 valence electrons. The summed E-state index contributed by atoms with van der Waals surface area (Å²) >= 11 is 5.92. The van der Waals surface area contributed by atoms with Gasteiger partial charge in [0.05, 0.1) is 34.2 Å². The second-order valence-corrected chi connectivity index (χ2v) is 10.2. The molecular weight excluding hydrogens is 424 g/mol. The van der Waals surface area contributed by atoms with E-state index >= 15 is 0 Å². The van der Waals surface area contributed by atoms with Gasteiger partial charge in [-0.1, -0.05) is 11.6 Å². The van der Waals surface area contributed by atoms with Crippen molar-refractivity contribution in [2.45, 2.75) is 54.9 Å². The SMILES string of the molecule is O=[S@]1CN(C2(CO)CCC2)c2nc(N3CCCC(c4ncc(Cl)cn4)CC3)ncc21. The average molecular weight is 449 g/mol. The van der Waals surface area contributed by atoms with Crippen LogP contribution in [0.3, 0.4) is 0 Å². The monoisotopic (exact) mass is 448 g/mol. The summed E-state index contributed by atoms with van der Waals surface area (Å²) in [6, 6.07) is 0. The van der Waals surface area contributed by atoms with E-state index in [1.807, 2.05) is 0 Å². The highest BCUT2D eigenvalue weighted by Crippen LogP contribution is 2.44. The van der Waals surface area contributed by atoms with Gasteiger partial charge in [0, 0.05) is 31.4 Å². The zero-order valence-corrected chi connectivity index (χ0v) is 18.3. The number of nitrogens with zero attached hydrogens (tertiary/aromatic N) is 6. The van der Waals surface area contributed by atoms with Crippen LogP contribution in [0, 0.1) is 0 Å². The van der Waals surface area contributed by atoms with Crippen LogP contribution in [0.25, 0.3) is 0 Å². The minimum absolute atomic E-state index is 0.0649. The number of fused-ring (bicyclic) bond motifs is 1. The van der Waals surface area contributed by atoms with Gasteiger partial charge < -0.3 is 14.9 Å². The number of anilines is 2. The molecule has 1 N–H and O–H groups in total. The molecule has 2 fully saturated rings. The van der Waals surface area contributed by atoms with E-state index in [0.717, 1.165) is 63.3 Å². The number of rotatable bonds is 4. The molecule has 1 unspecified atom stereocenters. The molecule has 1 aliphatic carbocycles. The van der Waals surface area contributed by atoms with Crippen LogP contribution in [-0.4, -0.2) is 60.4 Å². The summed E-state index contributed by atoms with van der Waals surface area (Å²) in [5.74, 6) is 2.92. The van der Waals surface area contributed by atoms with E-state index in [1.54, 1.807) is 18.6 Å². The maximum Gasteiger partial charge on any atom is 0.227 e. The molecule has 1 saturated heterocycles. The molecule has 0 radical (unpaired) electrons. The van der Waals surface area contributed by atoms with Crippen molar-refractivity contribution < 1.29 is 9.32 Å². The first kappa shape index (κ1) is 20.1. The first-order chi connectivity index (χ1) is 14.6. The second-order valence-electron chi connectivity index (χ2n) is 8.37. The van der Waals surface area contributed by atoms with Crippen LogP contribution >= 0.6 is 11.6 Å². The van der Waals surface area contributed by atoms with E-state index in [9.17, 15) is 9.32 Å². The molecule has 0 spiro atoms. The molecule has 0 aromatic carbocycles. The van der Waals surface area contributed by atoms with Gasteiger partial charge in [-0.25, -0.2) is 15.0 Å². The Morgan fingerprint density at radius 1 is 1.13 bits per heavy atom. The topological polar surface area (TPSA) is 95.3 Å². The Kier molecular flexibility index (Phi) is 5.37. The maximum atomic E-state index is 12.6. The third kappa shape index (κ3) is 3.46. The van der Waals surface area contributed by atoms with Gasteiger partial charge >= 0.3 is 0 Å². The minimum Gasteiger partial charge on any atom is -0.394 e. The van der Waals surface area contributed by atoms with Crippen LogP contribution in [0.2, 0.25) is 5.02 Å². The number of aliphatic hydroxyl groups is 1. The normalized spacial score (nSPS) is 25.5. The third-order valence-corrected chi connectivity index (χ3v) is 8.10. The standard InChI is InChI=1S/C20H25ClN6O2S/c21-15-9-22-17(23-10-15)14-3-1-7-26(8-4-14)19-24-11-16-18(25-19)27(13-30(16)29)20(12-28)5-2-6-20/h9-11,14,28H,1-8,12-13H2/t14?,30-/m0/s1. The smallest absolute Gasteiger partial charge is 0.227 e. The molecule has 2 aliphatic heterocycles. The third-order valence-electron chi connectivity index (χ3n) is 6.64. The molecule has 3 aliphatic rings. The van der Waals surface area contributed by atoms with E-state index < -0.39 is 10.8 Å². The van der Waals surface area contributed by atoms with E-state index in [2.05, 4.69) is 24.8 Å². The van der Waals surface area contributed by atoms with Gasteiger partial charge in [0.2, 0.25) is 5.95 Å². The van der Waals surface area contributed by atoms with Crippen LogP contribution in [0.5, 0.6) is 0 Å². The van der Waals surface area contributed by atoms with Crippen molar-refractivity contribution in [2.24, 2.45) is 0 Å². The van der Waals surface area contributed by atoms with Crippen molar-refractivity contribution >= 4 is 34.2 Å². The van der Waals surface area contributed by atoms with Gasteiger partial charge in [-0.2, -0.15) is 4.98 Å². The molecule has 1 saturated carbocycles. The predicted molar refractivity (Wildman–Crippen MR) is 115 cm³/mol. The van der Waals surface area contributed by atoms with E-state index in [4.69, 9.17) is 16.6 Å². The van der Waals surface area contributed by atoms with E-state index in [-0.39, 0.29) is 12.1 Å². The van der Waals surface area contributed by atoms with E-state index in [0.29, 0.717) is 27.7 Å². The van der Waals surface area contributed by atoms with Crippen LogP contribution < -0.4 is 9.80 Å². The summed E-state index contributed by atoms with van der Waals surface area (Å²) in [6.07, 6.45) is 10.8. The number of aliphatic hydroxyl groups excluding tert-OH is 1. The number of aromatic nitrogens is 4. The summed E-state index contributed by atoms with van der Waals surface area (Å²) < 4.78 is 12.6. The van der Waals surface area contributed by atoms with Crippen molar-refractivity contribution in [3.8, 4) is 0 Å². The van der Waals surface area contributed by atoms with E-state index in [1.165, 1.54) is 0 Å². The maximum absolute atomic E-state index is 12.6. The van der Waals surface area contributed by atoms with Gasteiger partial charge in [-0.3, -0.25) is 4.21 Å². The summed E-state index contributed by atoms with van der Waals surface area (Å²) in [6.45, 7) is 1.73. The molecule has 10 heteroatoms. The Hall–Kier alpha value is -1.84. The van der Waals surface area contributed by atoms with Gasteiger partial charge in [0.1, 0.15) is 16.6 Å². The quantitative estimate of drug-likeness (QED) is 0.762. The lowest BCUT2D eigenvalue weighted by Crippen LogP contribution is -2.56. The fourth-order valence-electron chi connectivity index (χ4n) is 4.65. The lowest BCUT2D eigenvalue weighted by molar-refractivity contribution is 0.119. The van der Waals surface area contributed by atoms with Crippen molar-refractivity contribution in [1.82, 2.24) is 19.9 Å². The Bertz CT molecular complexity index is 949. The Morgan fingerprint density at radius 2 is 1.93 bits per heavy atom. The molecule has 2 aromatic rings. The molecule has 5 rings (SSSR count). The summed E-state index contributed by atoms with van der Waals surface area (Å²) in [7, 11) is -1.15. The van der Waals surface area contributed by atoms with Crippen LogP contribution in [0.15, 0.2) is 23.5 Å². The summed E-state index contributed by atoms with van der Waals surface area (Å²) in [5.41, 5.74) is -0.317. The zero-order chi connectivity index (χ0) is 20.7. The Labute approximate surface area is 183 Å². The second kappa shape index (κ2) is 8.01. The lowest BCUT2D eigenvalue weighted by Gasteiger charge is -2.47. The highest BCUT2D eigenvalue weighted by molar-refractivity contribution is 7.85. The Balaban J connectivity index is 1.36. The van der Waals surface area contributed by atoms with Gasteiger partial charge in [0.15, 0.2) is 5.82 Å². The minimum atomic E-state index is -1.15. The summed E-state index contributed by atoms with van der Waals surface area (Å²) in [4.78, 5) is 23.1. The largest absolute Gasteiger partial charge is 0.394 e. The Morgan fingerprint density at radius 3 is 2.63 bits per heavy atom. The predicted octanol–water partition coefficient (Wildman–Crippen LogP) is 2.49. The molecular formula is C20H25ClN6O2S. The molecule has 0 bridgehead atoms.